The third-order valence-corrected chi connectivity index (χ3v) is 6.22. The van der Waals surface area contributed by atoms with Gasteiger partial charge in [-0.15, -0.1) is 0 Å². The molecule has 3 atom stereocenters. The van der Waals surface area contributed by atoms with Crippen LogP contribution in [0.15, 0.2) is 66.9 Å². The van der Waals surface area contributed by atoms with Crippen LogP contribution in [0.2, 0.25) is 0 Å². The summed E-state index contributed by atoms with van der Waals surface area (Å²) >= 11 is 0. The van der Waals surface area contributed by atoms with Crippen molar-refractivity contribution in [3.63, 3.8) is 0 Å². The Labute approximate surface area is 225 Å². The summed E-state index contributed by atoms with van der Waals surface area (Å²) in [6.07, 6.45) is -2.37. The lowest BCUT2D eigenvalue weighted by Gasteiger charge is -2.29. The van der Waals surface area contributed by atoms with Gasteiger partial charge in [0.25, 0.3) is 0 Å². The molecular weight excluding hydrogens is 511 g/mol. The van der Waals surface area contributed by atoms with Gasteiger partial charge in [0.1, 0.15) is 6.04 Å². The average Bonchev–Trinajstić information content (AvgIpc) is 3.39. The molecule has 1 amide bonds. The molecule has 8 nitrogen and oxygen atoms in total. The molecule has 11 heteroatoms. The maximum atomic E-state index is 13.9. The van der Waals surface area contributed by atoms with Gasteiger partial charge in [0, 0.05) is 18.3 Å². The molecule has 0 aliphatic heterocycles. The quantitative estimate of drug-likeness (QED) is 0.236. The monoisotopic (exact) mass is 545 g/mol. The van der Waals surface area contributed by atoms with Crippen LogP contribution in [0.3, 0.4) is 0 Å². The lowest BCUT2D eigenvalue weighted by atomic mass is 9.99. The number of anilines is 1. The number of rotatable bonds is 13. The Morgan fingerprint density at radius 3 is 2.26 bits per heavy atom. The number of alkyl halides is 3. The topological polar surface area (TPSA) is 108 Å². The minimum Gasteiger partial charge on any atom is -0.477 e. The number of aromatic carboxylic acids is 1. The van der Waals surface area contributed by atoms with Crippen molar-refractivity contribution in [1.82, 2.24) is 20.4 Å². The predicted octanol–water partition coefficient (Wildman–Crippen LogP) is 5.19. The van der Waals surface area contributed by atoms with E-state index in [0.29, 0.717) is 18.7 Å². The molecule has 0 bridgehead atoms. The van der Waals surface area contributed by atoms with E-state index in [2.05, 4.69) is 21.0 Å². The number of carbonyl (C=O) groups is 2. The molecule has 3 rings (SSSR count). The highest BCUT2D eigenvalue weighted by Crippen LogP contribution is 2.33. The number of hydrogen-bond acceptors (Lipinski definition) is 5. The van der Waals surface area contributed by atoms with E-state index in [4.69, 9.17) is 0 Å². The third kappa shape index (κ3) is 8.31. The van der Waals surface area contributed by atoms with Crippen LogP contribution < -0.4 is 16.0 Å². The summed E-state index contributed by atoms with van der Waals surface area (Å²) in [7, 11) is 0. The molecule has 0 radical (unpaired) electrons. The molecule has 0 saturated heterocycles. The van der Waals surface area contributed by atoms with E-state index < -0.39 is 30.1 Å². The number of nitrogens with zero attached hydrogens (tertiary/aromatic N) is 2. The van der Waals surface area contributed by atoms with E-state index >= 15 is 0 Å². The minimum atomic E-state index is -4.57. The molecular formula is C28H34F3N5O3. The fraction of sp³-hybridized carbons (Fsp3) is 0.393. The highest BCUT2D eigenvalue weighted by Gasteiger charge is 2.43. The van der Waals surface area contributed by atoms with Crippen LogP contribution in [0.4, 0.5) is 18.9 Å². The molecule has 210 valence electrons. The zero-order chi connectivity index (χ0) is 28.6. The Morgan fingerprint density at radius 1 is 1.03 bits per heavy atom. The number of hydrogen-bond donors (Lipinski definition) is 4. The summed E-state index contributed by atoms with van der Waals surface area (Å²) in [6, 6.07) is 12.5. The number of carbonyl (C=O) groups excluding carboxylic acids is 1. The third-order valence-electron chi connectivity index (χ3n) is 6.22. The maximum absolute atomic E-state index is 13.9. The Kier molecular flexibility index (Phi) is 10.1. The van der Waals surface area contributed by atoms with E-state index in [1.807, 2.05) is 20.8 Å². The zero-order valence-electron chi connectivity index (χ0n) is 22.1. The summed E-state index contributed by atoms with van der Waals surface area (Å²) in [4.78, 5) is 24.5. The second-order valence-corrected chi connectivity index (χ2v) is 9.71. The van der Waals surface area contributed by atoms with Gasteiger partial charge in [-0.3, -0.25) is 10.1 Å². The highest BCUT2D eigenvalue weighted by atomic mass is 19.4. The molecule has 1 heterocycles. The van der Waals surface area contributed by atoms with Crippen molar-refractivity contribution >= 4 is 17.6 Å². The van der Waals surface area contributed by atoms with Crippen LogP contribution in [-0.4, -0.2) is 51.6 Å². The highest BCUT2D eigenvalue weighted by molar-refractivity contribution is 5.86. The number of carboxylic acid groups (broad SMARTS) is 1. The molecule has 39 heavy (non-hydrogen) atoms. The Morgan fingerprint density at radius 2 is 1.69 bits per heavy atom. The molecule has 0 unspecified atom stereocenters. The first-order valence-electron chi connectivity index (χ1n) is 12.8. The molecule has 2 aromatic carbocycles. The molecule has 3 aromatic rings. The lowest BCUT2D eigenvalue weighted by Crippen LogP contribution is -2.52. The summed E-state index contributed by atoms with van der Waals surface area (Å²) in [5.74, 6) is -1.59. The molecule has 4 N–H and O–H groups in total. The minimum absolute atomic E-state index is 0.00828. The number of carboxylic acids is 1. The molecule has 0 aliphatic rings. The molecule has 0 spiro atoms. The van der Waals surface area contributed by atoms with Crippen molar-refractivity contribution < 1.29 is 27.9 Å². The largest absolute Gasteiger partial charge is 0.477 e. The average molecular weight is 546 g/mol. The van der Waals surface area contributed by atoms with Crippen LogP contribution in [-0.2, 0) is 4.79 Å². The van der Waals surface area contributed by atoms with Crippen LogP contribution in [0.5, 0.6) is 0 Å². The van der Waals surface area contributed by atoms with Crippen LogP contribution in [0, 0.1) is 5.92 Å². The van der Waals surface area contributed by atoms with Gasteiger partial charge < -0.3 is 15.7 Å². The second kappa shape index (κ2) is 13.3. The van der Waals surface area contributed by atoms with Crippen molar-refractivity contribution in [1.29, 1.82) is 0 Å². The maximum Gasteiger partial charge on any atom is 0.407 e. The van der Waals surface area contributed by atoms with Crippen LogP contribution in [0.1, 0.15) is 55.7 Å². The van der Waals surface area contributed by atoms with Crippen molar-refractivity contribution in [3.05, 3.63) is 78.1 Å². The number of amides is 1. The van der Waals surface area contributed by atoms with E-state index in [1.165, 1.54) is 29.1 Å². The Bertz CT molecular complexity index is 1210. The standard InChI is InChI=1S/C28H34F3N5O3/c1-4-20(17-32-21-10-12-22(13-11-21)36-24(27(38)39)14-15-33-36)34-26(37)23(16-18(2)3)35-25(28(29,30)31)19-8-6-5-7-9-19/h5-15,18,20,23,25,32,35H,4,16-17H2,1-3H3,(H,34,37)(H,38,39)/t20-,23-,25-/m0/s1. The van der Waals surface area contributed by atoms with Gasteiger partial charge in [-0.25, -0.2) is 9.48 Å². The summed E-state index contributed by atoms with van der Waals surface area (Å²) in [5, 5.41) is 22.0. The van der Waals surface area contributed by atoms with Gasteiger partial charge in [0.2, 0.25) is 5.91 Å². The summed E-state index contributed by atoms with van der Waals surface area (Å²) in [6.45, 7) is 5.95. The van der Waals surface area contributed by atoms with Gasteiger partial charge in [-0.05, 0) is 54.7 Å². The van der Waals surface area contributed by atoms with E-state index in [-0.39, 0.29) is 29.6 Å². The first kappa shape index (κ1) is 29.7. The normalized spacial score (nSPS) is 14.0. The number of nitrogens with one attached hydrogen (secondary N) is 3. The SMILES string of the molecule is CC[C@@H](CNc1ccc(-n2nccc2C(=O)O)cc1)NC(=O)[C@H](CC(C)C)N[C@@H](c1ccccc1)C(F)(F)F. The number of aromatic nitrogens is 2. The van der Waals surface area contributed by atoms with Crippen molar-refractivity contribution in [3.8, 4) is 5.69 Å². The first-order chi connectivity index (χ1) is 18.5. The zero-order valence-corrected chi connectivity index (χ0v) is 22.1. The van der Waals surface area contributed by atoms with Gasteiger partial charge in [0.15, 0.2) is 5.69 Å². The second-order valence-electron chi connectivity index (χ2n) is 9.71. The van der Waals surface area contributed by atoms with Crippen molar-refractivity contribution in [2.45, 2.75) is 57.9 Å². The summed E-state index contributed by atoms with van der Waals surface area (Å²) in [5.41, 5.74) is 1.39. The Balaban J connectivity index is 1.66. The lowest BCUT2D eigenvalue weighted by molar-refractivity contribution is -0.161. The fourth-order valence-electron chi connectivity index (χ4n) is 4.18. The first-order valence-corrected chi connectivity index (χ1v) is 12.8. The fourth-order valence-corrected chi connectivity index (χ4v) is 4.18. The van der Waals surface area contributed by atoms with Crippen LogP contribution >= 0.6 is 0 Å². The smallest absolute Gasteiger partial charge is 0.407 e. The molecule has 0 aliphatic carbocycles. The van der Waals surface area contributed by atoms with E-state index in [9.17, 15) is 27.9 Å². The van der Waals surface area contributed by atoms with Gasteiger partial charge >= 0.3 is 12.1 Å². The van der Waals surface area contributed by atoms with Crippen molar-refractivity contribution in [2.75, 3.05) is 11.9 Å². The van der Waals surface area contributed by atoms with E-state index in [1.54, 1.807) is 42.5 Å². The van der Waals surface area contributed by atoms with Gasteiger partial charge in [-0.1, -0.05) is 51.1 Å². The van der Waals surface area contributed by atoms with E-state index in [0.717, 1.165) is 5.69 Å². The van der Waals surface area contributed by atoms with Gasteiger partial charge in [-0.2, -0.15) is 18.3 Å². The Hall–Kier alpha value is -3.86. The molecule has 0 fully saturated rings. The van der Waals surface area contributed by atoms with Crippen molar-refractivity contribution in [2.24, 2.45) is 5.92 Å². The van der Waals surface area contributed by atoms with Crippen LogP contribution in [0.25, 0.3) is 5.69 Å². The predicted molar refractivity (Wildman–Crippen MR) is 143 cm³/mol. The number of benzene rings is 2. The summed E-state index contributed by atoms with van der Waals surface area (Å²) < 4.78 is 43.1. The molecule has 0 saturated carbocycles. The number of halogens is 3. The van der Waals surface area contributed by atoms with Gasteiger partial charge in [0.05, 0.1) is 17.9 Å². The molecule has 1 aromatic heterocycles.